The van der Waals surface area contributed by atoms with Gasteiger partial charge >= 0.3 is 11.9 Å². The molecule has 1 heterocycles. The molecule has 6 nitrogen and oxygen atoms in total. The molecule has 0 aliphatic heterocycles. The summed E-state index contributed by atoms with van der Waals surface area (Å²) < 4.78 is 11.0. The van der Waals surface area contributed by atoms with Gasteiger partial charge in [0.05, 0.1) is 26.2 Å². The molecule has 0 fully saturated rings. The van der Waals surface area contributed by atoms with Gasteiger partial charge in [-0.1, -0.05) is 0 Å². The van der Waals surface area contributed by atoms with Crippen molar-refractivity contribution in [2.45, 2.75) is 19.4 Å². The van der Waals surface area contributed by atoms with Gasteiger partial charge in [-0.05, 0) is 12.5 Å². The topological polar surface area (TPSA) is 77.8 Å². The predicted octanol–water partition coefficient (Wildman–Crippen LogP) is 0.373. The predicted molar refractivity (Wildman–Crippen MR) is 63.2 cm³/mol. The van der Waals surface area contributed by atoms with Gasteiger partial charge in [0.2, 0.25) is 0 Å². The fourth-order valence-electron chi connectivity index (χ4n) is 1.66. The summed E-state index contributed by atoms with van der Waals surface area (Å²) in [6.45, 7) is 0.573. The molecule has 0 spiro atoms. The summed E-state index contributed by atoms with van der Waals surface area (Å²) in [5.74, 6) is -0.916. The Morgan fingerprint density at radius 2 is 2.06 bits per heavy atom. The van der Waals surface area contributed by atoms with Crippen molar-refractivity contribution < 1.29 is 24.2 Å². The summed E-state index contributed by atoms with van der Waals surface area (Å²) in [6.07, 6.45) is 2.24. The lowest BCUT2D eigenvalue weighted by molar-refractivity contribution is -0.139. The minimum Gasteiger partial charge on any atom is -0.469 e. The summed E-state index contributed by atoms with van der Waals surface area (Å²) in [7, 11) is 2.58. The van der Waals surface area contributed by atoms with Crippen molar-refractivity contribution in [1.29, 1.82) is 0 Å². The normalized spacial score (nSPS) is 10.2. The number of nitrogens with zero attached hydrogens (tertiary/aromatic N) is 1. The van der Waals surface area contributed by atoms with Crippen LogP contribution in [0.15, 0.2) is 12.3 Å². The van der Waals surface area contributed by atoms with Crippen LogP contribution in [0.3, 0.4) is 0 Å². The van der Waals surface area contributed by atoms with Crippen molar-refractivity contribution in [3.05, 3.63) is 23.5 Å². The smallest absolute Gasteiger partial charge is 0.339 e. The van der Waals surface area contributed by atoms with Crippen molar-refractivity contribution >= 4 is 11.9 Å². The highest BCUT2D eigenvalue weighted by Gasteiger charge is 2.19. The van der Waals surface area contributed by atoms with Crippen LogP contribution in [0.5, 0.6) is 0 Å². The van der Waals surface area contributed by atoms with Gasteiger partial charge in [0.15, 0.2) is 0 Å². The zero-order valence-corrected chi connectivity index (χ0v) is 10.5. The molecule has 0 aromatic carbocycles. The van der Waals surface area contributed by atoms with Crippen molar-refractivity contribution in [1.82, 2.24) is 4.57 Å². The van der Waals surface area contributed by atoms with E-state index in [1.54, 1.807) is 16.8 Å². The number of aromatic nitrogens is 1. The molecule has 1 N–H and O–H groups in total. The van der Waals surface area contributed by atoms with E-state index in [-0.39, 0.29) is 13.0 Å². The highest BCUT2D eigenvalue weighted by atomic mass is 16.5. The van der Waals surface area contributed by atoms with Gasteiger partial charge in [0, 0.05) is 25.0 Å². The number of aliphatic hydroxyl groups excluding tert-OH is 1. The number of aliphatic hydroxyl groups is 1. The van der Waals surface area contributed by atoms with Crippen molar-refractivity contribution in [3.8, 4) is 0 Å². The van der Waals surface area contributed by atoms with Crippen LogP contribution in [-0.4, -0.2) is 42.4 Å². The SMILES string of the molecule is COC(=O)Cc1c(C(=O)OC)ccn1CCCO. The third-order valence-electron chi connectivity index (χ3n) is 2.58. The summed E-state index contributed by atoms with van der Waals surface area (Å²) in [6, 6.07) is 1.60. The number of rotatable bonds is 6. The molecule has 0 amide bonds. The van der Waals surface area contributed by atoms with E-state index in [9.17, 15) is 9.59 Å². The third kappa shape index (κ3) is 3.33. The fraction of sp³-hybridized carbons (Fsp3) is 0.500. The molecule has 18 heavy (non-hydrogen) atoms. The molecule has 0 saturated carbocycles. The van der Waals surface area contributed by atoms with E-state index in [4.69, 9.17) is 5.11 Å². The Balaban J connectivity index is 3.00. The molecule has 0 atom stereocenters. The van der Waals surface area contributed by atoms with E-state index >= 15 is 0 Å². The average molecular weight is 255 g/mol. The van der Waals surface area contributed by atoms with Gasteiger partial charge in [0.1, 0.15) is 0 Å². The molecule has 1 aromatic rings. The van der Waals surface area contributed by atoms with Gasteiger partial charge < -0.3 is 19.1 Å². The summed E-state index contributed by atoms with van der Waals surface area (Å²) in [5.41, 5.74) is 0.892. The Morgan fingerprint density at radius 3 is 2.61 bits per heavy atom. The molecule has 1 aromatic heterocycles. The molecule has 0 saturated heterocycles. The van der Waals surface area contributed by atoms with Gasteiger partial charge in [-0.25, -0.2) is 4.79 Å². The van der Waals surface area contributed by atoms with Crippen LogP contribution in [0, 0.1) is 0 Å². The third-order valence-corrected chi connectivity index (χ3v) is 2.58. The molecular weight excluding hydrogens is 238 g/mol. The van der Waals surface area contributed by atoms with E-state index < -0.39 is 11.9 Å². The lowest BCUT2D eigenvalue weighted by Gasteiger charge is -2.09. The Kier molecular flexibility index (Phi) is 5.38. The molecule has 0 unspecified atom stereocenters. The van der Waals surface area contributed by atoms with Crippen molar-refractivity contribution in [2.24, 2.45) is 0 Å². The van der Waals surface area contributed by atoms with Gasteiger partial charge in [-0.2, -0.15) is 0 Å². The highest BCUT2D eigenvalue weighted by Crippen LogP contribution is 2.14. The summed E-state index contributed by atoms with van der Waals surface area (Å²) in [5, 5.41) is 8.81. The highest BCUT2D eigenvalue weighted by molar-refractivity contribution is 5.92. The molecule has 0 bridgehead atoms. The zero-order chi connectivity index (χ0) is 13.5. The number of ether oxygens (including phenoxy) is 2. The number of hydrogen-bond acceptors (Lipinski definition) is 5. The van der Waals surface area contributed by atoms with Crippen LogP contribution >= 0.6 is 0 Å². The average Bonchev–Trinajstić information content (AvgIpc) is 2.78. The number of hydrogen-bond donors (Lipinski definition) is 1. The van der Waals surface area contributed by atoms with Crippen LogP contribution in [0.25, 0.3) is 0 Å². The molecule has 1 rings (SSSR count). The van der Waals surface area contributed by atoms with E-state index in [2.05, 4.69) is 9.47 Å². The van der Waals surface area contributed by atoms with Crippen LogP contribution < -0.4 is 0 Å². The monoisotopic (exact) mass is 255 g/mol. The summed E-state index contributed by atoms with van der Waals surface area (Å²) >= 11 is 0. The Hall–Kier alpha value is -1.82. The van der Waals surface area contributed by atoms with E-state index in [1.807, 2.05) is 0 Å². The lowest BCUT2D eigenvalue weighted by Crippen LogP contribution is -2.14. The van der Waals surface area contributed by atoms with Gasteiger partial charge in [0.25, 0.3) is 0 Å². The van der Waals surface area contributed by atoms with Crippen molar-refractivity contribution in [3.63, 3.8) is 0 Å². The minimum absolute atomic E-state index is 0.000633. The maximum atomic E-state index is 11.6. The second-order valence-corrected chi connectivity index (χ2v) is 3.69. The van der Waals surface area contributed by atoms with E-state index in [1.165, 1.54) is 14.2 Å². The van der Waals surface area contributed by atoms with Crippen LogP contribution in [0.1, 0.15) is 22.5 Å². The second kappa shape index (κ2) is 6.80. The molecular formula is C12H17NO5. The first kappa shape index (κ1) is 14.2. The maximum absolute atomic E-state index is 11.6. The Morgan fingerprint density at radius 1 is 1.33 bits per heavy atom. The largest absolute Gasteiger partial charge is 0.469 e. The first-order valence-electron chi connectivity index (χ1n) is 5.58. The Bertz CT molecular complexity index is 424. The first-order chi connectivity index (χ1) is 8.63. The van der Waals surface area contributed by atoms with Crippen LogP contribution in [-0.2, 0) is 27.2 Å². The van der Waals surface area contributed by atoms with Gasteiger partial charge in [-0.3, -0.25) is 4.79 Å². The minimum atomic E-state index is -0.489. The van der Waals surface area contributed by atoms with Gasteiger partial charge in [-0.15, -0.1) is 0 Å². The van der Waals surface area contributed by atoms with E-state index in [0.29, 0.717) is 24.2 Å². The number of carbonyl (C=O) groups excluding carboxylic acids is 2. The standard InChI is InChI=1S/C12H17NO5/c1-17-11(15)8-10-9(12(16)18-2)4-6-13(10)5-3-7-14/h4,6,14H,3,5,7-8H2,1-2H3. The quantitative estimate of drug-likeness (QED) is 0.743. The second-order valence-electron chi connectivity index (χ2n) is 3.69. The lowest BCUT2D eigenvalue weighted by atomic mass is 10.2. The fourth-order valence-corrected chi connectivity index (χ4v) is 1.66. The molecule has 6 heteroatoms. The maximum Gasteiger partial charge on any atom is 0.339 e. The molecule has 0 radical (unpaired) electrons. The van der Waals surface area contributed by atoms with Crippen molar-refractivity contribution in [2.75, 3.05) is 20.8 Å². The van der Waals surface area contributed by atoms with Crippen LogP contribution in [0.2, 0.25) is 0 Å². The number of carbonyl (C=O) groups is 2. The Labute approximate surface area is 105 Å². The van der Waals surface area contributed by atoms with E-state index in [0.717, 1.165) is 0 Å². The summed E-state index contributed by atoms with van der Waals surface area (Å²) in [4.78, 5) is 22.9. The number of methoxy groups -OCH3 is 2. The first-order valence-corrected chi connectivity index (χ1v) is 5.58. The zero-order valence-electron chi connectivity index (χ0n) is 10.5. The molecule has 100 valence electrons. The number of aryl methyl sites for hydroxylation is 1. The number of esters is 2. The molecule has 0 aliphatic rings. The van der Waals surface area contributed by atoms with Crippen LogP contribution in [0.4, 0.5) is 0 Å². The molecule has 0 aliphatic carbocycles.